The normalized spacial score (nSPS) is 38.2. The van der Waals surface area contributed by atoms with Gasteiger partial charge in [0.15, 0.2) is 18.0 Å². The second-order valence-corrected chi connectivity index (χ2v) is 14.5. The molecule has 9 atom stereocenters. The maximum absolute atomic E-state index is 14.2. The zero-order chi connectivity index (χ0) is 33.1. The first kappa shape index (κ1) is 33.1. The smallest absolute Gasteiger partial charge is 0.450 e. The standard InChI is InChI=1S/C33H37Cl2NO9/c1-18-12-25-24-13-19(2)33(45-20(3)37,28(39)17-44-29(40)43-16-21-8-6-7-9-26(21)36(41)42)31(24,5)15-27(34)32(25,35)30(4)11-10-22(38)14-23(18)30/h6-11,14,18-19,24-25,27H,12-13,15-17H2,1-5H3/t18?,19?,24-,25-,27?,30-,31-,32-,33-/m0/s1. The van der Waals surface area contributed by atoms with Crippen LogP contribution in [-0.2, 0) is 35.2 Å². The Hall–Kier alpha value is -3.24. The van der Waals surface area contributed by atoms with Gasteiger partial charge in [-0.3, -0.25) is 24.5 Å². The number of Topliss-reactive ketones (excluding diaryl/α,β-unsaturated/α-hetero) is 1. The molecule has 0 aliphatic heterocycles. The molecule has 10 nitrogen and oxygen atoms in total. The minimum atomic E-state index is -1.67. The van der Waals surface area contributed by atoms with Crippen LogP contribution < -0.4 is 0 Å². The van der Waals surface area contributed by atoms with Crippen LogP contribution in [0.2, 0.25) is 0 Å². The van der Waals surface area contributed by atoms with Crippen LogP contribution in [-0.4, -0.2) is 51.1 Å². The van der Waals surface area contributed by atoms with Crippen LogP contribution in [0.15, 0.2) is 48.1 Å². The minimum absolute atomic E-state index is 0.0141. The number of ketones is 2. The number of nitro benzene ring substituents is 1. The Kier molecular flexibility index (Phi) is 8.49. The average molecular weight is 663 g/mol. The molecule has 0 amide bonds. The summed E-state index contributed by atoms with van der Waals surface area (Å²) in [4.78, 5) is 61.5. The molecule has 3 fully saturated rings. The lowest BCUT2D eigenvalue weighted by molar-refractivity contribution is -0.385. The van der Waals surface area contributed by atoms with Crippen molar-refractivity contribution in [1.82, 2.24) is 0 Å². The molecule has 0 spiro atoms. The molecule has 1 aromatic rings. The van der Waals surface area contributed by atoms with E-state index in [1.807, 2.05) is 26.8 Å². The molecule has 0 bridgehead atoms. The first-order chi connectivity index (χ1) is 21.0. The van der Waals surface area contributed by atoms with E-state index >= 15 is 0 Å². The third-order valence-electron chi connectivity index (χ3n) is 11.0. The number of nitrogens with zero attached hydrogens (tertiary/aromatic N) is 1. The number of halogens is 2. The predicted octanol–water partition coefficient (Wildman–Crippen LogP) is 6.50. The van der Waals surface area contributed by atoms with Crippen LogP contribution in [0.3, 0.4) is 0 Å². The van der Waals surface area contributed by atoms with Crippen molar-refractivity contribution >= 4 is 52.6 Å². The summed E-state index contributed by atoms with van der Waals surface area (Å²) in [6.07, 6.45) is 5.23. The number of nitro groups is 1. The third kappa shape index (κ3) is 4.90. The maximum Gasteiger partial charge on any atom is 0.509 e. The summed E-state index contributed by atoms with van der Waals surface area (Å²) in [5, 5.41) is 10.6. The number of carbonyl (C=O) groups is 4. The molecule has 0 radical (unpaired) electrons. The van der Waals surface area contributed by atoms with Gasteiger partial charge in [0.05, 0.1) is 20.7 Å². The van der Waals surface area contributed by atoms with E-state index in [0.717, 1.165) is 5.57 Å². The molecule has 45 heavy (non-hydrogen) atoms. The van der Waals surface area contributed by atoms with E-state index in [4.69, 9.17) is 37.4 Å². The van der Waals surface area contributed by atoms with Crippen molar-refractivity contribution < 1.29 is 38.3 Å². The molecule has 1 aromatic carbocycles. The minimum Gasteiger partial charge on any atom is -0.450 e. The Labute approximate surface area is 271 Å². The van der Waals surface area contributed by atoms with E-state index in [1.54, 1.807) is 12.1 Å². The Bertz CT molecular complexity index is 1520. The number of esters is 1. The number of allylic oxidation sites excluding steroid dienone is 4. The van der Waals surface area contributed by atoms with Gasteiger partial charge in [0.25, 0.3) is 5.69 Å². The number of hydrogen-bond donors (Lipinski definition) is 0. The summed E-state index contributed by atoms with van der Waals surface area (Å²) < 4.78 is 16.3. The van der Waals surface area contributed by atoms with Gasteiger partial charge >= 0.3 is 12.1 Å². The number of ether oxygens (including phenoxy) is 3. The monoisotopic (exact) mass is 661 g/mol. The van der Waals surface area contributed by atoms with Gasteiger partial charge in [-0.1, -0.05) is 51.5 Å². The average Bonchev–Trinajstić information content (AvgIpc) is 3.19. The van der Waals surface area contributed by atoms with Gasteiger partial charge in [0.1, 0.15) is 6.61 Å². The molecule has 4 aliphatic rings. The first-order valence-corrected chi connectivity index (χ1v) is 15.9. The molecule has 3 unspecified atom stereocenters. The van der Waals surface area contributed by atoms with Crippen LogP contribution in [0.1, 0.15) is 59.4 Å². The second-order valence-electron chi connectivity index (χ2n) is 13.3. The van der Waals surface area contributed by atoms with Crippen LogP contribution >= 0.6 is 23.2 Å². The third-order valence-corrected chi connectivity index (χ3v) is 12.6. The summed E-state index contributed by atoms with van der Waals surface area (Å²) in [6.45, 7) is 7.88. The molecular formula is C33H37Cl2NO9. The number of fused-ring (bicyclic) bond motifs is 5. The number of hydrogen-bond acceptors (Lipinski definition) is 9. The summed E-state index contributed by atoms with van der Waals surface area (Å²) >= 11 is 14.9. The van der Waals surface area contributed by atoms with E-state index < -0.39 is 68.6 Å². The molecular weight excluding hydrogens is 625 g/mol. The summed E-state index contributed by atoms with van der Waals surface area (Å²) in [5.74, 6) is -2.21. The highest BCUT2D eigenvalue weighted by molar-refractivity contribution is 6.34. The fraction of sp³-hybridized carbons (Fsp3) is 0.576. The number of benzene rings is 1. The summed E-state index contributed by atoms with van der Waals surface area (Å²) in [6, 6.07) is 5.79. The van der Waals surface area contributed by atoms with Crippen molar-refractivity contribution in [3.63, 3.8) is 0 Å². The van der Waals surface area contributed by atoms with Crippen LogP contribution in [0.5, 0.6) is 0 Å². The Morgan fingerprint density at radius 2 is 1.78 bits per heavy atom. The van der Waals surface area contributed by atoms with Crippen LogP contribution in [0.25, 0.3) is 0 Å². The van der Waals surface area contributed by atoms with E-state index in [0.29, 0.717) is 12.8 Å². The van der Waals surface area contributed by atoms with Gasteiger partial charge in [-0.15, -0.1) is 23.2 Å². The molecule has 12 heteroatoms. The fourth-order valence-electron chi connectivity index (χ4n) is 9.17. The molecule has 0 aromatic heterocycles. The largest absolute Gasteiger partial charge is 0.509 e. The molecule has 242 valence electrons. The van der Waals surface area contributed by atoms with Crippen molar-refractivity contribution in [2.75, 3.05) is 6.61 Å². The molecule has 0 saturated heterocycles. The van der Waals surface area contributed by atoms with Crippen molar-refractivity contribution in [3.05, 3.63) is 63.7 Å². The van der Waals surface area contributed by atoms with Gasteiger partial charge in [0.2, 0.25) is 5.78 Å². The number of rotatable bonds is 7. The second kappa shape index (κ2) is 11.5. The topological polar surface area (TPSA) is 139 Å². The van der Waals surface area contributed by atoms with Gasteiger partial charge in [-0.25, -0.2) is 4.79 Å². The van der Waals surface area contributed by atoms with Gasteiger partial charge < -0.3 is 14.2 Å². The van der Waals surface area contributed by atoms with Crippen LogP contribution in [0.4, 0.5) is 10.5 Å². The van der Waals surface area contributed by atoms with E-state index in [2.05, 4.69) is 6.92 Å². The SMILES string of the molecule is CC(=O)O[C@]1(C(=O)COC(=O)OCc2ccccc2[N+](=O)[O-])C(C)C[C@H]2[C@@H]3CC(C)C4=CC(=O)C=C[C@]4(C)[C@@]3(Cl)C(Cl)C[C@@]21C. The lowest BCUT2D eigenvalue weighted by atomic mass is 9.45. The maximum atomic E-state index is 14.2. The molecule has 3 saturated carbocycles. The summed E-state index contributed by atoms with van der Waals surface area (Å²) in [7, 11) is 0. The predicted molar refractivity (Wildman–Crippen MR) is 165 cm³/mol. The lowest BCUT2D eigenvalue weighted by Gasteiger charge is -2.65. The lowest BCUT2D eigenvalue weighted by Crippen LogP contribution is -2.69. The van der Waals surface area contributed by atoms with Gasteiger partial charge in [-0.2, -0.15) is 0 Å². The van der Waals surface area contributed by atoms with Crippen molar-refractivity contribution in [2.24, 2.45) is 34.5 Å². The number of carbonyl (C=O) groups excluding carboxylic acids is 4. The highest BCUT2D eigenvalue weighted by Crippen LogP contribution is 2.73. The molecule has 0 heterocycles. The van der Waals surface area contributed by atoms with Gasteiger partial charge in [0, 0.05) is 29.7 Å². The highest BCUT2D eigenvalue weighted by Gasteiger charge is 2.76. The zero-order valence-electron chi connectivity index (χ0n) is 25.8. The van der Waals surface area contributed by atoms with Crippen molar-refractivity contribution in [1.29, 1.82) is 0 Å². The van der Waals surface area contributed by atoms with Gasteiger partial charge in [-0.05, 0) is 55.2 Å². The van der Waals surface area contributed by atoms with Crippen molar-refractivity contribution in [3.8, 4) is 0 Å². The zero-order valence-corrected chi connectivity index (χ0v) is 27.4. The highest BCUT2D eigenvalue weighted by atomic mass is 35.5. The first-order valence-electron chi connectivity index (χ1n) is 15.1. The number of para-hydroxylation sites is 1. The van der Waals surface area contributed by atoms with Crippen molar-refractivity contribution in [2.45, 2.75) is 76.3 Å². The van der Waals surface area contributed by atoms with Crippen LogP contribution in [0, 0.1) is 44.6 Å². The Morgan fingerprint density at radius 1 is 1.09 bits per heavy atom. The molecule has 4 aliphatic carbocycles. The molecule has 0 N–H and O–H groups in total. The Balaban J connectivity index is 1.42. The van der Waals surface area contributed by atoms with E-state index in [1.165, 1.54) is 31.2 Å². The quantitative estimate of drug-likeness (QED) is 0.139. The molecule has 5 rings (SSSR count). The number of alkyl halides is 2. The summed E-state index contributed by atoms with van der Waals surface area (Å²) in [5.41, 5.74) is -2.47. The van der Waals surface area contributed by atoms with E-state index in [9.17, 15) is 29.3 Å². The fourth-order valence-corrected chi connectivity index (χ4v) is 10.4. The van der Waals surface area contributed by atoms with E-state index in [-0.39, 0.29) is 41.2 Å². The Morgan fingerprint density at radius 3 is 2.44 bits per heavy atom.